The summed E-state index contributed by atoms with van der Waals surface area (Å²) in [4.78, 5) is 12.0. The number of Topliss-reactive ketones (excluding diaryl/α,β-unsaturated/α-hetero) is 1. The van der Waals surface area contributed by atoms with E-state index in [9.17, 15) is 4.79 Å². The van der Waals surface area contributed by atoms with E-state index in [2.05, 4.69) is 0 Å². The summed E-state index contributed by atoms with van der Waals surface area (Å²) < 4.78 is 6.03. The largest absolute Gasteiger partial charge is 0.486 e. The maximum atomic E-state index is 12.0. The summed E-state index contributed by atoms with van der Waals surface area (Å²) in [5.41, 5.74) is 6.84. The topological polar surface area (TPSA) is 52.3 Å². The summed E-state index contributed by atoms with van der Waals surface area (Å²) in [5.74, 6) is 0.876. The van der Waals surface area contributed by atoms with Gasteiger partial charge < -0.3 is 10.5 Å². The molecule has 2 N–H and O–H groups in total. The fourth-order valence-electron chi connectivity index (χ4n) is 2.81. The molecule has 1 aromatic rings. The van der Waals surface area contributed by atoms with Gasteiger partial charge in [0.05, 0.1) is 12.0 Å². The van der Waals surface area contributed by atoms with Gasteiger partial charge in [-0.3, -0.25) is 4.79 Å². The monoisotopic (exact) mass is 217 g/mol. The third kappa shape index (κ3) is 1.39. The van der Waals surface area contributed by atoms with Gasteiger partial charge in [-0.2, -0.15) is 0 Å². The molecule has 3 rings (SSSR count). The summed E-state index contributed by atoms with van der Waals surface area (Å²) in [7, 11) is 0. The zero-order valence-electron chi connectivity index (χ0n) is 9.16. The molecule has 1 fully saturated rings. The Morgan fingerprint density at radius 2 is 2.00 bits per heavy atom. The fraction of sp³-hybridized carbons (Fsp3) is 0.462. The molecule has 0 unspecified atom stereocenters. The van der Waals surface area contributed by atoms with Crippen LogP contribution in [-0.2, 0) is 0 Å². The summed E-state index contributed by atoms with van der Waals surface area (Å²) in [6.45, 7) is 0. The lowest BCUT2D eigenvalue weighted by Crippen LogP contribution is -2.39. The number of ketones is 1. The first-order valence-electron chi connectivity index (χ1n) is 5.80. The fourth-order valence-corrected chi connectivity index (χ4v) is 2.81. The average Bonchev–Trinajstić information content (AvgIpc) is 2.65. The summed E-state index contributed by atoms with van der Waals surface area (Å²) in [6.07, 6.45) is 4.83. The molecule has 84 valence electrons. The Labute approximate surface area is 94.6 Å². The zero-order valence-corrected chi connectivity index (χ0v) is 9.16. The third-order valence-electron chi connectivity index (χ3n) is 3.63. The lowest BCUT2D eigenvalue weighted by Gasteiger charge is -2.34. The second-order valence-corrected chi connectivity index (χ2v) is 4.85. The van der Waals surface area contributed by atoms with E-state index in [0.717, 1.165) is 25.7 Å². The van der Waals surface area contributed by atoms with Crippen molar-refractivity contribution in [3.8, 4) is 5.75 Å². The van der Waals surface area contributed by atoms with Gasteiger partial charge in [0, 0.05) is 11.8 Å². The van der Waals surface area contributed by atoms with E-state index in [-0.39, 0.29) is 11.4 Å². The number of benzene rings is 1. The summed E-state index contributed by atoms with van der Waals surface area (Å²) >= 11 is 0. The highest BCUT2D eigenvalue weighted by molar-refractivity contribution is 6.00. The van der Waals surface area contributed by atoms with E-state index < -0.39 is 0 Å². The van der Waals surface area contributed by atoms with Crippen molar-refractivity contribution < 1.29 is 9.53 Å². The van der Waals surface area contributed by atoms with Crippen molar-refractivity contribution in [2.24, 2.45) is 0 Å². The molecule has 1 aliphatic heterocycles. The van der Waals surface area contributed by atoms with Gasteiger partial charge in [0.1, 0.15) is 11.4 Å². The highest BCUT2D eigenvalue weighted by atomic mass is 16.5. The molecule has 0 atom stereocenters. The smallest absolute Gasteiger partial charge is 0.170 e. The molecule has 1 spiro atoms. The van der Waals surface area contributed by atoms with Crippen molar-refractivity contribution in [1.82, 2.24) is 0 Å². The molecule has 0 amide bonds. The van der Waals surface area contributed by atoms with Crippen LogP contribution in [0.15, 0.2) is 18.2 Å². The molecule has 16 heavy (non-hydrogen) atoms. The van der Waals surface area contributed by atoms with Gasteiger partial charge in [-0.1, -0.05) is 0 Å². The van der Waals surface area contributed by atoms with E-state index in [1.165, 1.54) is 0 Å². The number of rotatable bonds is 0. The van der Waals surface area contributed by atoms with E-state index in [0.29, 0.717) is 23.4 Å². The molecule has 0 saturated heterocycles. The number of fused-ring (bicyclic) bond motifs is 1. The second-order valence-electron chi connectivity index (χ2n) is 4.85. The minimum Gasteiger partial charge on any atom is -0.486 e. The average molecular weight is 217 g/mol. The van der Waals surface area contributed by atoms with Crippen LogP contribution in [0, 0.1) is 0 Å². The standard InChI is InChI=1S/C13H15NO2/c14-9-3-4-10-11(15)8-13(5-1-2-6-13)16-12(10)7-9/h3-4,7H,1-2,5-6,8,14H2. The van der Waals surface area contributed by atoms with Crippen molar-refractivity contribution in [3.05, 3.63) is 23.8 Å². The Kier molecular flexibility index (Phi) is 1.96. The van der Waals surface area contributed by atoms with Crippen LogP contribution in [0.4, 0.5) is 5.69 Å². The zero-order chi connectivity index (χ0) is 11.2. The van der Waals surface area contributed by atoms with Gasteiger partial charge in [-0.15, -0.1) is 0 Å². The highest BCUT2D eigenvalue weighted by Crippen LogP contribution is 2.43. The van der Waals surface area contributed by atoms with Crippen molar-refractivity contribution in [3.63, 3.8) is 0 Å². The number of hydrogen-bond donors (Lipinski definition) is 1. The Morgan fingerprint density at radius 1 is 1.25 bits per heavy atom. The molecule has 1 heterocycles. The number of carbonyl (C=O) groups excluding carboxylic acids is 1. The van der Waals surface area contributed by atoms with Crippen molar-refractivity contribution >= 4 is 11.5 Å². The highest BCUT2D eigenvalue weighted by Gasteiger charge is 2.42. The first kappa shape index (κ1) is 9.70. The lowest BCUT2D eigenvalue weighted by molar-refractivity contribution is 0.0451. The van der Waals surface area contributed by atoms with Gasteiger partial charge in [0.25, 0.3) is 0 Å². The SMILES string of the molecule is Nc1ccc2c(c1)OC1(CCCC1)CC2=O. The van der Waals surface area contributed by atoms with Crippen LogP contribution in [-0.4, -0.2) is 11.4 Å². The van der Waals surface area contributed by atoms with Gasteiger partial charge in [-0.25, -0.2) is 0 Å². The Balaban J connectivity index is 2.03. The molecule has 0 aromatic heterocycles. The molecule has 3 nitrogen and oxygen atoms in total. The van der Waals surface area contributed by atoms with Crippen LogP contribution in [0.5, 0.6) is 5.75 Å². The number of ether oxygens (including phenoxy) is 1. The maximum Gasteiger partial charge on any atom is 0.170 e. The van der Waals surface area contributed by atoms with E-state index >= 15 is 0 Å². The first-order chi connectivity index (χ1) is 7.69. The predicted molar refractivity (Wildman–Crippen MR) is 61.6 cm³/mol. The van der Waals surface area contributed by atoms with Crippen LogP contribution >= 0.6 is 0 Å². The van der Waals surface area contributed by atoms with Crippen LogP contribution in [0.25, 0.3) is 0 Å². The number of anilines is 1. The number of carbonyl (C=O) groups is 1. The van der Waals surface area contributed by atoms with Crippen LogP contribution in [0.3, 0.4) is 0 Å². The minimum atomic E-state index is -0.224. The van der Waals surface area contributed by atoms with Gasteiger partial charge in [0.2, 0.25) is 0 Å². The molecule has 0 radical (unpaired) electrons. The number of nitrogen functional groups attached to an aromatic ring is 1. The quantitative estimate of drug-likeness (QED) is 0.679. The van der Waals surface area contributed by atoms with Crippen molar-refractivity contribution in [2.45, 2.75) is 37.7 Å². The lowest BCUT2D eigenvalue weighted by atomic mass is 9.88. The maximum absolute atomic E-state index is 12.0. The van der Waals surface area contributed by atoms with Gasteiger partial charge in [0.15, 0.2) is 5.78 Å². The van der Waals surface area contributed by atoms with E-state index in [1.54, 1.807) is 18.2 Å². The molecular weight excluding hydrogens is 202 g/mol. The molecule has 1 aliphatic carbocycles. The van der Waals surface area contributed by atoms with Crippen molar-refractivity contribution in [1.29, 1.82) is 0 Å². The first-order valence-corrected chi connectivity index (χ1v) is 5.80. The summed E-state index contributed by atoms with van der Waals surface area (Å²) in [5, 5.41) is 0. The summed E-state index contributed by atoms with van der Waals surface area (Å²) in [6, 6.07) is 5.30. The van der Waals surface area contributed by atoms with E-state index in [4.69, 9.17) is 10.5 Å². The Bertz CT molecular complexity index is 447. The van der Waals surface area contributed by atoms with E-state index in [1.807, 2.05) is 0 Å². The van der Waals surface area contributed by atoms with Crippen LogP contribution in [0.2, 0.25) is 0 Å². The molecular formula is C13H15NO2. The van der Waals surface area contributed by atoms with Crippen LogP contribution in [0.1, 0.15) is 42.5 Å². The van der Waals surface area contributed by atoms with Crippen molar-refractivity contribution in [2.75, 3.05) is 5.73 Å². The second kappa shape index (κ2) is 3.24. The molecule has 2 aliphatic rings. The Morgan fingerprint density at radius 3 is 2.75 bits per heavy atom. The predicted octanol–water partition coefficient (Wildman–Crippen LogP) is 2.55. The van der Waals surface area contributed by atoms with Crippen LogP contribution < -0.4 is 10.5 Å². The number of hydrogen-bond acceptors (Lipinski definition) is 3. The molecule has 1 saturated carbocycles. The van der Waals surface area contributed by atoms with Gasteiger partial charge >= 0.3 is 0 Å². The molecule has 3 heteroatoms. The normalized spacial score (nSPS) is 21.9. The minimum absolute atomic E-state index is 0.197. The molecule has 0 bridgehead atoms. The Hall–Kier alpha value is -1.51. The number of nitrogens with two attached hydrogens (primary N) is 1. The molecule has 1 aromatic carbocycles. The third-order valence-corrected chi connectivity index (χ3v) is 3.63. The van der Waals surface area contributed by atoms with Gasteiger partial charge in [-0.05, 0) is 37.8 Å².